The lowest BCUT2D eigenvalue weighted by atomic mass is 10.1. The fourth-order valence-electron chi connectivity index (χ4n) is 1.98. The Balaban J connectivity index is 1.67. The van der Waals surface area contributed by atoms with Crippen molar-refractivity contribution in [2.75, 3.05) is 5.32 Å². The molecule has 5 nitrogen and oxygen atoms in total. The molecule has 104 valence electrons. The van der Waals surface area contributed by atoms with Crippen molar-refractivity contribution in [3.8, 4) is 0 Å². The summed E-state index contributed by atoms with van der Waals surface area (Å²) in [5.41, 5.74) is 2.45. The highest BCUT2D eigenvalue weighted by atomic mass is 16.1. The molecule has 1 amide bonds. The summed E-state index contributed by atoms with van der Waals surface area (Å²) in [7, 11) is 0. The van der Waals surface area contributed by atoms with Crippen LogP contribution in [0, 0.1) is 0 Å². The molecule has 0 unspecified atom stereocenters. The normalized spacial score (nSPS) is 10.3. The minimum absolute atomic E-state index is 0.133. The lowest BCUT2D eigenvalue weighted by molar-refractivity contribution is 0.102. The Morgan fingerprint density at radius 1 is 1.05 bits per heavy atom. The van der Waals surface area contributed by atoms with Gasteiger partial charge in [0.2, 0.25) is 0 Å². The number of anilines is 1. The average molecular weight is 278 g/mol. The van der Waals surface area contributed by atoms with E-state index in [2.05, 4.69) is 15.4 Å². The Labute approximate surface area is 122 Å². The van der Waals surface area contributed by atoms with Gasteiger partial charge in [-0.05, 0) is 35.9 Å². The summed E-state index contributed by atoms with van der Waals surface area (Å²) >= 11 is 0. The molecule has 0 aliphatic carbocycles. The monoisotopic (exact) mass is 278 g/mol. The van der Waals surface area contributed by atoms with Crippen molar-refractivity contribution in [1.29, 1.82) is 0 Å². The molecule has 1 aromatic carbocycles. The van der Waals surface area contributed by atoms with Gasteiger partial charge in [0.05, 0.1) is 6.54 Å². The summed E-state index contributed by atoms with van der Waals surface area (Å²) in [6, 6.07) is 12.9. The number of carbonyl (C=O) groups excluding carboxylic acids is 1. The van der Waals surface area contributed by atoms with Gasteiger partial charge in [-0.25, -0.2) is 0 Å². The van der Waals surface area contributed by atoms with Gasteiger partial charge < -0.3 is 5.32 Å². The first-order chi connectivity index (χ1) is 10.3. The van der Waals surface area contributed by atoms with E-state index in [1.54, 1.807) is 30.7 Å². The maximum absolute atomic E-state index is 12.1. The predicted octanol–water partition coefficient (Wildman–Crippen LogP) is 2.58. The first kappa shape index (κ1) is 13.1. The molecule has 0 bridgehead atoms. The zero-order valence-corrected chi connectivity index (χ0v) is 11.3. The van der Waals surface area contributed by atoms with Crippen molar-refractivity contribution in [2.45, 2.75) is 6.54 Å². The smallest absolute Gasteiger partial charge is 0.255 e. The van der Waals surface area contributed by atoms with E-state index in [1.165, 1.54) is 0 Å². The van der Waals surface area contributed by atoms with Crippen LogP contribution in [0.2, 0.25) is 0 Å². The second kappa shape index (κ2) is 6.00. The Morgan fingerprint density at radius 3 is 2.48 bits per heavy atom. The number of hydrogen-bond donors (Lipinski definition) is 1. The summed E-state index contributed by atoms with van der Waals surface area (Å²) in [5, 5.41) is 6.98. The molecule has 0 spiro atoms. The Bertz CT molecular complexity index is 706. The first-order valence-electron chi connectivity index (χ1n) is 6.59. The summed E-state index contributed by atoms with van der Waals surface area (Å²) in [5.74, 6) is -0.133. The third kappa shape index (κ3) is 3.33. The number of benzene rings is 1. The molecule has 21 heavy (non-hydrogen) atoms. The van der Waals surface area contributed by atoms with Crippen LogP contribution in [-0.4, -0.2) is 20.7 Å². The lowest BCUT2D eigenvalue weighted by Crippen LogP contribution is -2.12. The Morgan fingerprint density at radius 2 is 1.81 bits per heavy atom. The van der Waals surface area contributed by atoms with Gasteiger partial charge in [0.25, 0.3) is 5.91 Å². The quantitative estimate of drug-likeness (QED) is 0.798. The summed E-state index contributed by atoms with van der Waals surface area (Å²) in [6.07, 6.45) is 6.94. The van der Waals surface area contributed by atoms with Crippen molar-refractivity contribution in [1.82, 2.24) is 14.8 Å². The van der Waals surface area contributed by atoms with Crippen LogP contribution in [0.25, 0.3) is 0 Å². The Hall–Kier alpha value is -2.95. The van der Waals surface area contributed by atoms with Gasteiger partial charge in [0.15, 0.2) is 0 Å². The van der Waals surface area contributed by atoms with Gasteiger partial charge in [-0.1, -0.05) is 12.1 Å². The van der Waals surface area contributed by atoms with Crippen LogP contribution in [0.4, 0.5) is 5.69 Å². The van der Waals surface area contributed by atoms with Crippen molar-refractivity contribution in [3.63, 3.8) is 0 Å². The standard InChI is InChI=1S/C16H14N4O/c21-16(19-15-6-9-17-10-7-15)14-4-2-13(3-5-14)12-20-11-1-8-18-20/h1-11H,12H2,(H,17,19,21). The number of aromatic nitrogens is 3. The zero-order chi connectivity index (χ0) is 14.5. The number of nitrogens with one attached hydrogen (secondary N) is 1. The molecule has 5 heteroatoms. The maximum atomic E-state index is 12.1. The van der Waals surface area contributed by atoms with E-state index in [0.717, 1.165) is 11.3 Å². The van der Waals surface area contributed by atoms with Crippen LogP contribution in [0.15, 0.2) is 67.3 Å². The lowest BCUT2D eigenvalue weighted by Gasteiger charge is -2.06. The van der Waals surface area contributed by atoms with E-state index < -0.39 is 0 Å². The Kier molecular flexibility index (Phi) is 3.73. The van der Waals surface area contributed by atoms with Crippen LogP contribution in [-0.2, 0) is 6.54 Å². The average Bonchev–Trinajstić information content (AvgIpc) is 3.02. The third-order valence-corrected chi connectivity index (χ3v) is 3.06. The highest BCUT2D eigenvalue weighted by molar-refractivity contribution is 6.04. The molecule has 0 fully saturated rings. The number of nitrogens with zero attached hydrogens (tertiary/aromatic N) is 3. The van der Waals surface area contributed by atoms with Crippen molar-refractivity contribution in [3.05, 3.63) is 78.4 Å². The molecule has 0 radical (unpaired) electrons. The SMILES string of the molecule is O=C(Nc1ccncc1)c1ccc(Cn2cccn2)cc1. The van der Waals surface area contributed by atoms with Crippen LogP contribution in [0.5, 0.6) is 0 Å². The number of carbonyl (C=O) groups is 1. The van der Waals surface area contributed by atoms with E-state index in [-0.39, 0.29) is 5.91 Å². The van der Waals surface area contributed by atoms with Crippen LogP contribution < -0.4 is 5.32 Å². The molecule has 0 aliphatic heterocycles. The molecule has 0 aliphatic rings. The molecule has 2 heterocycles. The third-order valence-electron chi connectivity index (χ3n) is 3.06. The summed E-state index contributed by atoms with van der Waals surface area (Å²) in [6.45, 7) is 0.694. The van der Waals surface area contributed by atoms with Crippen molar-refractivity contribution < 1.29 is 4.79 Å². The van der Waals surface area contributed by atoms with E-state index in [9.17, 15) is 4.79 Å². The van der Waals surface area contributed by atoms with Crippen LogP contribution >= 0.6 is 0 Å². The first-order valence-corrected chi connectivity index (χ1v) is 6.59. The highest BCUT2D eigenvalue weighted by Crippen LogP contribution is 2.10. The van der Waals surface area contributed by atoms with Crippen LogP contribution in [0.1, 0.15) is 15.9 Å². The molecule has 0 atom stereocenters. The molecule has 0 saturated heterocycles. The number of rotatable bonds is 4. The van der Waals surface area contributed by atoms with Gasteiger partial charge in [-0.3, -0.25) is 14.5 Å². The zero-order valence-electron chi connectivity index (χ0n) is 11.3. The summed E-state index contributed by atoms with van der Waals surface area (Å²) < 4.78 is 1.84. The minimum Gasteiger partial charge on any atom is -0.322 e. The molecule has 2 aromatic heterocycles. The number of pyridine rings is 1. The van der Waals surface area contributed by atoms with Gasteiger partial charge in [0.1, 0.15) is 0 Å². The van der Waals surface area contributed by atoms with Crippen molar-refractivity contribution >= 4 is 11.6 Å². The minimum atomic E-state index is -0.133. The second-order valence-electron chi connectivity index (χ2n) is 4.59. The number of hydrogen-bond acceptors (Lipinski definition) is 3. The fraction of sp³-hybridized carbons (Fsp3) is 0.0625. The topological polar surface area (TPSA) is 59.8 Å². The van der Waals surface area contributed by atoms with Gasteiger partial charge >= 0.3 is 0 Å². The molecule has 3 aromatic rings. The second-order valence-corrected chi connectivity index (χ2v) is 4.59. The maximum Gasteiger partial charge on any atom is 0.255 e. The van der Waals surface area contributed by atoms with Crippen molar-refractivity contribution in [2.24, 2.45) is 0 Å². The van der Waals surface area contributed by atoms with Gasteiger partial charge in [-0.15, -0.1) is 0 Å². The molecular formula is C16H14N4O. The number of amides is 1. The summed E-state index contributed by atoms with van der Waals surface area (Å²) in [4.78, 5) is 16.0. The molecule has 3 rings (SSSR count). The van der Waals surface area contributed by atoms with Crippen LogP contribution in [0.3, 0.4) is 0 Å². The molecular weight excluding hydrogens is 264 g/mol. The largest absolute Gasteiger partial charge is 0.322 e. The van der Waals surface area contributed by atoms with E-state index >= 15 is 0 Å². The van der Waals surface area contributed by atoms with Gasteiger partial charge in [0, 0.05) is 36.0 Å². The van der Waals surface area contributed by atoms with E-state index in [1.807, 2.05) is 41.2 Å². The molecule has 1 N–H and O–H groups in total. The highest BCUT2D eigenvalue weighted by Gasteiger charge is 2.06. The molecule has 0 saturated carbocycles. The van der Waals surface area contributed by atoms with Gasteiger partial charge in [-0.2, -0.15) is 5.10 Å². The van der Waals surface area contributed by atoms with E-state index in [4.69, 9.17) is 0 Å². The predicted molar refractivity (Wildman–Crippen MR) is 80.0 cm³/mol. The fourth-order valence-corrected chi connectivity index (χ4v) is 1.98. The van der Waals surface area contributed by atoms with E-state index in [0.29, 0.717) is 12.1 Å².